The van der Waals surface area contributed by atoms with E-state index < -0.39 is 5.91 Å². The van der Waals surface area contributed by atoms with Crippen molar-refractivity contribution in [2.45, 2.75) is 13.3 Å². The molecule has 2 amide bonds. The first-order chi connectivity index (χ1) is 15.1. The van der Waals surface area contributed by atoms with Gasteiger partial charge in [-0.3, -0.25) is 9.59 Å². The number of amides is 2. The Morgan fingerprint density at radius 1 is 0.968 bits per heavy atom. The molecule has 7 heteroatoms. The molecule has 1 aliphatic heterocycles. The molecule has 0 saturated carbocycles. The molecule has 4 rings (SSSR count). The van der Waals surface area contributed by atoms with Crippen LogP contribution >= 0.6 is 11.3 Å². The molecule has 1 aromatic heterocycles. The van der Waals surface area contributed by atoms with Gasteiger partial charge in [0, 0.05) is 16.6 Å². The van der Waals surface area contributed by atoms with Crippen LogP contribution in [0.15, 0.2) is 71.7 Å². The second kappa shape index (κ2) is 9.06. The number of hydrogen-bond acceptors (Lipinski definition) is 6. The third kappa shape index (κ3) is 4.18. The van der Waals surface area contributed by atoms with Crippen LogP contribution < -0.4 is 19.7 Å². The minimum atomic E-state index is -0.404. The molecular weight excluding hydrogens is 412 g/mol. The van der Waals surface area contributed by atoms with Gasteiger partial charge in [0.05, 0.1) is 25.0 Å². The highest BCUT2D eigenvalue weighted by Crippen LogP contribution is 2.36. The van der Waals surface area contributed by atoms with Crippen molar-refractivity contribution in [3.05, 3.63) is 76.6 Å². The molecule has 0 radical (unpaired) electrons. The Balaban J connectivity index is 1.70. The lowest BCUT2D eigenvalue weighted by Gasteiger charge is -2.16. The number of nitrogens with zero attached hydrogens (tertiary/aromatic N) is 1. The van der Waals surface area contributed by atoms with E-state index in [-0.39, 0.29) is 11.6 Å². The van der Waals surface area contributed by atoms with Crippen LogP contribution in [0, 0.1) is 0 Å². The summed E-state index contributed by atoms with van der Waals surface area (Å²) in [6.45, 7) is 2.64. The molecule has 0 unspecified atom stereocenters. The van der Waals surface area contributed by atoms with Crippen molar-refractivity contribution < 1.29 is 19.1 Å². The number of ether oxygens (including phenoxy) is 2. The van der Waals surface area contributed by atoms with Gasteiger partial charge in [0.15, 0.2) is 0 Å². The highest BCUT2D eigenvalue weighted by atomic mass is 32.1. The minimum Gasteiger partial charge on any atom is -0.497 e. The summed E-state index contributed by atoms with van der Waals surface area (Å²) in [4.78, 5) is 28.6. The fraction of sp³-hybridized carbons (Fsp3) is 0.167. The molecular formula is C24H22N2O4S. The molecule has 1 N–H and O–H groups in total. The van der Waals surface area contributed by atoms with E-state index in [4.69, 9.17) is 9.47 Å². The monoisotopic (exact) mass is 434 g/mol. The SMILES string of the molecule is CCCOc1cccc(NC2=C(c3cccs3)C(=O)N(c3ccc(OC)cc3)C2=O)c1. The Morgan fingerprint density at radius 3 is 2.45 bits per heavy atom. The van der Waals surface area contributed by atoms with Crippen molar-refractivity contribution in [3.63, 3.8) is 0 Å². The molecule has 158 valence electrons. The second-order valence-corrected chi connectivity index (χ2v) is 7.82. The van der Waals surface area contributed by atoms with Crippen molar-refractivity contribution in [1.29, 1.82) is 0 Å². The molecule has 2 aromatic carbocycles. The normalized spacial score (nSPS) is 13.7. The zero-order valence-corrected chi connectivity index (χ0v) is 18.1. The molecule has 0 atom stereocenters. The molecule has 0 spiro atoms. The molecule has 6 nitrogen and oxygen atoms in total. The molecule has 0 fully saturated rings. The maximum Gasteiger partial charge on any atom is 0.282 e. The van der Waals surface area contributed by atoms with Crippen LogP contribution in [0.5, 0.6) is 11.5 Å². The largest absolute Gasteiger partial charge is 0.497 e. The van der Waals surface area contributed by atoms with Gasteiger partial charge < -0.3 is 14.8 Å². The van der Waals surface area contributed by atoms with Crippen LogP contribution in [0.3, 0.4) is 0 Å². The molecule has 0 aliphatic carbocycles. The van der Waals surface area contributed by atoms with E-state index in [0.717, 1.165) is 11.3 Å². The Kier molecular flexibility index (Phi) is 6.04. The summed E-state index contributed by atoms with van der Waals surface area (Å²) < 4.78 is 10.9. The number of imide groups is 1. The molecule has 2 heterocycles. The maximum absolute atomic E-state index is 13.4. The molecule has 3 aromatic rings. The van der Waals surface area contributed by atoms with Crippen molar-refractivity contribution in [1.82, 2.24) is 0 Å². The van der Waals surface area contributed by atoms with E-state index in [1.54, 1.807) is 31.4 Å². The van der Waals surface area contributed by atoms with Crippen LogP contribution in [0.2, 0.25) is 0 Å². The van der Waals surface area contributed by atoms with Crippen LogP contribution in [-0.2, 0) is 9.59 Å². The fourth-order valence-electron chi connectivity index (χ4n) is 3.29. The Bertz CT molecular complexity index is 1120. The topological polar surface area (TPSA) is 67.9 Å². The second-order valence-electron chi connectivity index (χ2n) is 6.87. The molecule has 0 bridgehead atoms. The predicted octanol–water partition coefficient (Wildman–Crippen LogP) is 4.94. The smallest absolute Gasteiger partial charge is 0.282 e. The van der Waals surface area contributed by atoms with E-state index in [1.165, 1.54) is 16.2 Å². The summed E-state index contributed by atoms with van der Waals surface area (Å²) in [6, 6.07) is 17.9. The zero-order valence-electron chi connectivity index (χ0n) is 17.3. The minimum absolute atomic E-state index is 0.246. The third-order valence-electron chi connectivity index (χ3n) is 4.76. The van der Waals surface area contributed by atoms with Crippen LogP contribution in [0.25, 0.3) is 5.57 Å². The number of rotatable bonds is 8. The van der Waals surface area contributed by atoms with E-state index in [9.17, 15) is 9.59 Å². The summed E-state index contributed by atoms with van der Waals surface area (Å²) in [5, 5.41) is 5.05. The quantitative estimate of drug-likeness (QED) is 0.509. The highest BCUT2D eigenvalue weighted by Gasteiger charge is 2.40. The lowest BCUT2D eigenvalue weighted by molar-refractivity contribution is -0.120. The number of nitrogens with one attached hydrogen (secondary N) is 1. The van der Waals surface area contributed by atoms with Crippen LogP contribution in [0.4, 0.5) is 11.4 Å². The van der Waals surface area contributed by atoms with Crippen molar-refractivity contribution in [3.8, 4) is 11.5 Å². The molecule has 1 aliphatic rings. The van der Waals surface area contributed by atoms with Gasteiger partial charge in [-0.15, -0.1) is 11.3 Å². The lowest BCUT2D eigenvalue weighted by atomic mass is 10.2. The summed E-state index contributed by atoms with van der Waals surface area (Å²) in [5.41, 5.74) is 1.77. The highest BCUT2D eigenvalue weighted by molar-refractivity contribution is 7.11. The maximum atomic E-state index is 13.4. The number of carbonyl (C=O) groups excluding carboxylic acids is 2. The molecule has 0 saturated heterocycles. The van der Waals surface area contributed by atoms with Crippen LogP contribution in [-0.4, -0.2) is 25.5 Å². The number of thiophene rings is 1. The van der Waals surface area contributed by atoms with Gasteiger partial charge in [0.25, 0.3) is 11.8 Å². The Morgan fingerprint density at radius 2 is 1.77 bits per heavy atom. The summed E-state index contributed by atoms with van der Waals surface area (Å²) in [7, 11) is 1.57. The van der Waals surface area contributed by atoms with Gasteiger partial charge in [-0.25, -0.2) is 4.90 Å². The van der Waals surface area contributed by atoms with Gasteiger partial charge in [-0.2, -0.15) is 0 Å². The number of hydrogen-bond donors (Lipinski definition) is 1. The number of carbonyl (C=O) groups is 2. The van der Waals surface area contributed by atoms with E-state index in [0.29, 0.717) is 35.1 Å². The first kappa shape index (κ1) is 20.7. The number of benzene rings is 2. The number of anilines is 2. The van der Waals surface area contributed by atoms with Gasteiger partial charge >= 0.3 is 0 Å². The zero-order chi connectivity index (χ0) is 21.8. The van der Waals surface area contributed by atoms with Gasteiger partial charge in [0.2, 0.25) is 0 Å². The summed E-state index contributed by atoms with van der Waals surface area (Å²) in [5.74, 6) is 0.586. The van der Waals surface area contributed by atoms with Crippen molar-refractivity contribution >= 4 is 40.1 Å². The van der Waals surface area contributed by atoms with Gasteiger partial charge in [-0.1, -0.05) is 19.1 Å². The van der Waals surface area contributed by atoms with Gasteiger partial charge in [0.1, 0.15) is 17.2 Å². The Hall–Kier alpha value is -3.58. The first-order valence-electron chi connectivity index (χ1n) is 9.93. The lowest BCUT2D eigenvalue weighted by Crippen LogP contribution is -2.32. The average molecular weight is 435 g/mol. The van der Waals surface area contributed by atoms with Gasteiger partial charge in [-0.05, 0) is 54.3 Å². The average Bonchev–Trinajstić information content (AvgIpc) is 3.39. The van der Waals surface area contributed by atoms with Crippen molar-refractivity contribution in [2.75, 3.05) is 23.9 Å². The summed E-state index contributed by atoms with van der Waals surface area (Å²) in [6.07, 6.45) is 0.898. The van der Waals surface area contributed by atoms with Crippen molar-refractivity contribution in [2.24, 2.45) is 0 Å². The Labute approximate surface area is 184 Å². The van der Waals surface area contributed by atoms with Crippen LogP contribution in [0.1, 0.15) is 18.2 Å². The standard InChI is InChI=1S/C24H22N2O4S/c1-3-13-30-19-7-4-6-16(15-19)25-22-21(20-8-5-14-31-20)23(27)26(24(22)28)17-9-11-18(29-2)12-10-17/h4-12,14-15,25H,3,13H2,1-2H3. The number of methoxy groups -OCH3 is 1. The van der Waals surface area contributed by atoms with E-state index >= 15 is 0 Å². The first-order valence-corrected chi connectivity index (χ1v) is 10.8. The third-order valence-corrected chi connectivity index (χ3v) is 5.65. The van der Waals surface area contributed by atoms with E-state index in [1.807, 2.05) is 48.7 Å². The molecule has 31 heavy (non-hydrogen) atoms. The fourth-order valence-corrected chi connectivity index (χ4v) is 4.06. The predicted molar refractivity (Wildman–Crippen MR) is 123 cm³/mol. The summed E-state index contributed by atoms with van der Waals surface area (Å²) >= 11 is 1.42. The van der Waals surface area contributed by atoms with E-state index in [2.05, 4.69) is 5.32 Å².